The molecule has 1 heterocycles. The summed E-state index contributed by atoms with van der Waals surface area (Å²) < 4.78 is 0. The summed E-state index contributed by atoms with van der Waals surface area (Å²) in [6.45, 7) is 11.0. The van der Waals surface area contributed by atoms with Gasteiger partial charge in [-0.25, -0.2) is 9.78 Å². The van der Waals surface area contributed by atoms with E-state index in [9.17, 15) is 4.79 Å². The van der Waals surface area contributed by atoms with E-state index in [4.69, 9.17) is 0 Å². The quantitative estimate of drug-likeness (QED) is 0.883. The van der Waals surface area contributed by atoms with E-state index in [1.54, 1.807) is 11.3 Å². The van der Waals surface area contributed by atoms with Crippen molar-refractivity contribution in [1.82, 2.24) is 15.6 Å². The fraction of sp³-hybridized carbons (Fsp3) is 0.692. The fourth-order valence-corrected chi connectivity index (χ4v) is 2.39. The molecule has 0 aliphatic carbocycles. The first-order valence-corrected chi connectivity index (χ1v) is 7.16. The molecule has 0 radical (unpaired) electrons. The summed E-state index contributed by atoms with van der Waals surface area (Å²) in [5.74, 6) is 0. The van der Waals surface area contributed by atoms with Crippen LogP contribution in [0.1, 0.15) is 45.3 Å². The van der Waals surface area contributed by atoms with Crippen LogP contribution in [-0.2, 0) is 11.8 Å². The molecule has 102 valence electrons. The molecule has 1 aromatic heterocycles. The first kappa shape index (κ1) is 15.0. The topological polar surface area (TPSA) is 54.0 Å². The van der Waals surface area contributed by atoms with E-state index in [1.807, 2.05) is 13.8 Å². The van der Waals surface area contributed by atoms with Gasteiger partial charge in [0.15, 0.2) is 0 Å². The van der Waals surface area contributed by atoms with Gasteiger partial charge < -0.3 is 10.6 Å². The highest BCUT2D eigenvalue weighted by Gasteiger charge is 2.17. The Morgan fingerprint density at radius 3 is 2.61 bits per heavy atom. The van der Waals surface area contributed by atoms with Crippen LogP contribution in [0.15, 0.2) is 5.38 Å². The molecule has 5 heteroatoms. The van der Waals surface area contributed by atoms with Crippen molar-refractivity contribution in [1.29, 1.82) is 0 Å². The summed E-state index contributed by atoms with van der Waals surface area (Å²) in [5, 5.41) is 8.79. The highest BCUT2D eigenvalue weighted by Crippen LogP contribution is 2.23. The van der Waals surface area contributed by atoms with E-state index in [-0.39, 0.29) is 17.5 Å². The van der Waals surface area contributed by atoms with E-state index in [1.165, 1.54) is 0 Å². The Balaban J connectivity index is 2.36. The molecule has 2 amide bonds. The number of aromatic nitrogens is 1. The third-order valence-electron chi connectivity index (χ3n) is 2.36. The van der Waals surface area contributed by atoms with Gasteiger partial charge in [0.2, 0.25) is 0 Å². The zero-order valence-electron chi connectivity index (χ0n) is 11.8. The molecular weight excluding hydrogens is 246 g/mol. The Kier molecular flexibility index (Phi) is 5.14. The summed E-state index contributed by atoms with van der Waals surface area (Å²) in [6, 6.07) is 0.0509. The Morgan fingerprint density at radius 2 is 2.11 bits per heavy atom. The van der Waals surface area contributed by atoms with Gasteiger partial charge in [-0.2, -0.15) is 0 Å². The molecule has 0 spiro atoms. The molecule has 0 aliphatic heterocycles. The van der Waals surface area contributed by atoms with Gasteiger partial charge in [-0.3, -0.25) is 0 Å². The minimum Gasteiger partial charge on any atom is -0.338 e. The van der Waals surface area contributed by atoms with Crippen molar-refractivity contribution in [3.8, 4) is 0 Å². The maximum atomic E-state index is 11.4. The minimum absolute atomic E-state index is 0.0944. The van der Waals surface area contributed by atoms with Crippen LogP contribution in [0.3, 0.4) is 0 Å². The van der Waals surface area contributed by atoms with E-state index >= 15 is 0 Å². The normalized spacial score (nSPS) is 11.7. The first-order chi connectivity index (χ1) is 8.29. The van der Waals surface area contributed by atoms with Crippen molar-refractivity contribution in [2.24, 2.45) is 0 Å². The SMILES string of the molecule is CC(C)NC(=O)NCCc1nc(C(C)(C)C)cs1. The van der Waals surface area contributed by atoms with E-state index in [0.717, 1.165) is 17.1 Å². The van der Waals surface area contributed by atoms with Crippen molar-refractivity contribution in [2.45, 2.75) is 52.5 Å². The number of hydrogen-bond donors (Lipinski definition) is 2. The maximum absolute atomic E-state index is 11.4. The number of nitrogens with zero attached hydrogens (tertiary/aromatic N) is 1. The molecule has 1 aromatic rings. The van der Waals surface area contributed by atoms with Gasteiger partial charge in [-0.15, -0.1) is 11.3 Å². The predicted octanol–water partition coefficient (Wildman–Crippen LogP) is 2.69. The fourth-order valence-electron chi connectivity index (χ4n) is 1.37. The predicted molar refractivity (Wildman–Crippen MR) is 76.2 cm³/mol. The van der Waals surface area contributed by atoms with Gasteiger partial charge in [-0.05, 0) is 13.8 Å². The van der Waals surface area contributed by atoms with Crippen LogP contribution < -0.4 is 10.6 Å². The van der Waals surface area contributed by atoms with Gasteiger partial charge in [0.05, 0.1) is 10.7 Å². The van der Waals surface area contributed by atoms with Gasteiger partial charge in [0.1, 0.15) is 0 Å². The number of nitrogens with one attached hydrogen (secondary N) is 2. The number of amides is 2. The summed E-state index contributed by atoms with van der Waals surface area (Å²) >= 11 is 1.66. The number of thiazole rings is 1. The third-order valence-corrected chi connectivity index (χ3v) is 3.27. The van der Waals surface area contributed by atoms with Crippen LogP contribution >= 0.6 is 11.3 Å². The zero-order valence-corrected chi connectivity index (χ0v) is 12.6. The van der Waals surface area contributed by atoms with Crippen LogP contribution in [0.5, 0.6) is 0 Å². The van der Waals surface area contributed by atoms with Gasteiger partial charge in [-0.1, -0.05) is 20.8 Å². The second-order valence-electron chi connectivity index (χ2n) is 5.68. The summed E-state index contributed by atoms with van der Waals surface area (Å²) in [5.41, 5.74) is 1.21. The number of carbonyl (C=O) groups is 1. The monoisotopic (exact) mass is 269 g/mol. The molecule has 0 saturated carbocycles. The van der Waals surface area contributed by atoms with Gasteiger partial charge in [0, 0.05) is 29.8 Å². The van der Waals surface area contributed by atoms with Crippen molar-refractivity contribution in [2.75, 3.05) is 6.54 Å². The highest BCUT2D eigenvalue weighted by molar-refractivity contribution is 7.09. The Hall–Kier alpha value is -1.10. The average molecular weight is 269 g/mol. The van der Waals surface area contributed by atoms with Crippen molar-refractivity contribution in [3.63, 3.8) is 0 Å². The molecule has 4 nitrogen and oxygen atoms in total. The Bertz CT molecular complexity index is 393. The molecule has 0 atom stereocenters. The van der Waals surface area contributed by atoms with Crippen LogP contribution in [0.4, 0.5) is 4.79 Å². The van der Waals surface area contributed by atoms with Crippen molar-refractivity contribution in [3.05, 3.63) is 16.1 Å². The van der Waals surface area contributed by atoms with E-state index in [2.05, 4.69) is 41.8 Å². The molecular formula is C13H23N3OS. The lowest BCUT2D eigenvalue weighted by atomic mass is 9.93. The van der Waals surface area contributed by atoms with E-state index < -0.39 is 0 Å². The smallest absolute Gasteiger partial charge is 0.314 e. The zero-order chi connectivity index (χ0) is 13.8. The molecule has 0 unspecified atom stereocenters. The molecule has 0 fully saturated rings. The maximum Gasteiger partial charge on any atom is 0.314 e. The number of carbonyl (C=O) groups excluding carboxylic acids is 1. The minimum atomic E-state index is -0.113. The van der Waals surface area contributed by atoms with Crippen LogP contribution in [0.25, 0.3) is 0 Å². The van der Waals surface area contributed by atoms with Crippen molar-refractivity contribution >= 4 is 17.4 Å². The van der Waals surface area contributed by atoms with Crippen LogP contribution in [0.2, 0.25) is 0 Å². The van der Waals surface area contributed by atoms with E-state index in [0.29, 0.717) is 6.54 Å². The molecule has 0 aliphatic rings. The summed E-state index contributed by atoms with van der Waals surface area (Å²) in [4.78, 5) is 16.0. The lowest BCUT2D eigenvalue weighted by Gasteiger charge is -2.14. The molecule has 1 rings (SSSR count). The molecule has 0 bridgehead atoms. The first-order valence-electron chi connectivity index (χ1n) is 6.28. The standard InChI is InChI=1S/C13H23N3OS/c1-9(2)15-12(17)14-7-6-11-16-10(8-18-11)13(3,4)5/h8-9H,6-7H2,1-5H3,(H2,14,15,17). The second kappa shape index (κ2) is 6.18. The van der Waals surface area contributed by atoms with Gasteiger partial charge >= 0.3 is 6.03 Å². The summed E-state index contributed by atoms with van der Waals surface area (Å²) in [7, 11) is 0. The van der Waals surface area contributed by atoms with Crippen molar-refractivity contribution < 1.29 is 4.79 Å². The number of hydrogen-bond acceptors (Lipinski definition) is 3. The Labute approximate surface area is 113 Å². The number of rotatable bonds is 4. The second-order valence-corrected chi connectivity index (χ2v) is 6.62. The largest absolute Gasteiger partial charge is 0.338 e. The van der Waals surface area contributed by atoms with Gasteiger partial charge in [0.25, 0.3) is 0 Å². The summed E-state index contributed by atoms with van der Waals surface area (Å²) in [6.07, 6.45) is 0.784. The highest BCUT2D eigenvalue weighted by atomic mass is 32.1. The third kappa shape index (κ3) is 5.04. The van der Waals surface area contributed by atoms with Crippen LogP contribution in [0, 0.1) is 0 Å². The average Bonchev–Trinajstić information content (AvgIpc) is 2.64. The lowest BCUT2D eigenvalue weighted by Crippen LogP contribution is -2.40. The molecule has 0 saturated heterocycles. The van der Waals surface area contributed by atoms with Crippen LogP contribution in [-0.4, -0.2) is 23.6 Å². The molecule has 2 N–H and O–H groups in total. The Morgan fingerprint density at radius 1 is 1.44 bits per heavy atom. The molecule has 18 heavy (non-hydrogen) atoms. The molecule has 0 aromatic carbocycles. The number of urea groups is 1. The lowest BCUT2D eigenvalue weighted by molar-refractivity contribution is 0.238.